The first-order valence-corrected chi connectivity index (χ1v) is 7.73. The van der Waals surface area contributed by atoms with Gasteiger partial charge in [-0.3, -0.25) is 0 Å². The van der Waals surface area contributed by atoms with Gasteiger partial charge in [0.25, 0.3) is 0 Å². The molecule has 2 rings (SSSR count). The van der Waals surface area contributed by atoms with Gasteiger partial charge in [-0.05, 0) is 47.0 Å². The molecule has 0 unspecified atom stereocenters. The van der Waals surface area contributed by atoms with Gasteiger partial charge in [0.05, 0.1) is 0 Å². The van der Waals surface area contributed by atoms with Gasteiger partial charge in [0.2, 0.25) is 0 Å². The summed E-state index contributed by atoms with van der Waals surface area (Å²) in [7, 11) is 0. The van der Waals surface area contributed by atoms with Crippen molar-refractivity contribution >= 4 is 38.8 Å². The van der Waals surface area contributed by atoms with Gasteiger partial charge in [-0.25, -0.2) is 0 Å². The number of nitrogens with two attached hydrogens (primary N) is 1. The van der Waals surface area contributed by atoms with Gasteiger partial charge in [0, 0.05) is 21.8 Å². The molecule has 0 aliphatic heterocycles. The maximum absolute atomic E-state index is 5.65. The summed E-state index contributed by atoms with van der Waals surface area (Å²) >= 11 is 8.52. The smallest absolute Gasteiger partial charge is 0.105 e. The van der Waals surface area contributed by atoms with Crippen LogP contribution in [0.15, 0.2) is 22.7 Å². The monoisotopic (exact) mass is 326 g/mol. The van der Waals surface area contributed by atoms with Crippen LogP contribution in [0.1, 0.15) is 44.1 Å². The van der Waals surface area contributed by atoms with E-state index < -0.39 is 0 Å². The fraction of sp³-hybridized carbons (Fsp3) is 0.500. The molecule has 4 heteroatoms. The van der Waals surface area contributed by atoms with Gasteiger partial charge in [0.1, 0.15) is 4.99 Å². The summed E-state index contributed by atoms with van der Waals surface area (Å²) in [6, 6.07) is 6.71. The highest BCUT2D eigenvalue weighted by atomic mass is 79.9. The molecule has 0 bridgehead atoms. The highest BCUT2D eigenvalue weighted by Gasteiger charge is 2.12. The maximum atomic E-state index is 5.65. The van der Waals surface area contributed by atoms with Crippen molar-refractivity contribution in [2.24, 2.45) is 5.73 Å². The Morgan fingerprint density at radius 1 is 1.22 bits per heavy atom. The summed E-state index contributed by atoms with van der Waals surface area (Å²) in [5.41, 5.74) is 7.70. The summed E-state index contributed by atoms with van der Waals surface area (Å²) in [5, 5.41) is 3.61. The van der Waals surface area contributed by atoms with Gasteiger partial charge in [-0.15, -0.1) is 0 Å². The van der Waals surface area contributed by atoms with Gasteiger partial charge in [-0.1, -0.05) is 37.9 Å². The normalized spacial score (nSPS) is 17.2. The minimum Gasteiger partial charge on any atom is -0.389 e. The van der Waals surface area contributed by atoms with Crippen LogP contribution in [0.25, 0.3) is 0 Å². The minimum atomic E-state index is 0.433. The Hall–Kier alpha value is -0.610. The molecule has 1 aliphatic carbocycles. The van der Waals surface area contributed by atoms with E-state index in [1.807, 2.05) is 6.07 Å². The van der Waals surface area contributed by atoms with Crippen molar-refractivity contribution in [1.82, 2.24) is 0 Å². The molecule has 0 spiro atoms. The molecule has 0 radical (unpaired) electrons. The van der Waals surface area contributed by atoms with E-state index in [1.165, 1.54) is 38.5 Å². The predicted molar refractivity (Wildman–Crippen MR) is 85.1 cm³/mol. The Balaban J connectivity index is 2.05. The van der Waals surface area contributed by atoms with Crippen molar-refractivity contribution in [1.29, 1.82) is 0 Å². The molecule has 1 saturated carbocycles. The second-order valence-electron chi connectivity index (χ2n) is 4.89. The zero-order valence-corrected chi connectivity index (χ0v) is 12.8. The highest BCUT2D eigenvalue weighted by Crippen LogP contribution is 2.25. The standard InChI is InChI=1S/C14H19BrN2S/c15-13-9-11(7-8-12(13)14(16)18)17-10-5-3-1-2-4-6-10/h7-10,17H,1-6H2,(H2,16,18). The molecule has 1 aliphatic rings. The zero-order chi connectivity index (χ0) is 13.0. The SMILES string of the molecule is NC(=S)c1ccc(NC2CCCCCC2)cc1Br. The van der Waals surface area contributed by atoms with E-state index >= 15 is 0 Å². The van der Waals surface area contributed by atoms with E-state index in [4.69, 9.17) is 18.0 Å². The third-order valence-corrected chi connectivity index (χ3v) is 4.34. The van der Waals surface area contributed by atoms with Crippen molar-refractivity contribution < 1.29 is 0 Å². The fourth-order valence-electron chi connectivity index (χ4n) is 2.46. The Kier molecular flexibility index (Phi) is 5.01. The average Bonchev–Trinajstić information content (AvgIpc) is 2.57. The lowest BCUT2D eigenvalue weighted by Gasteiger charge is -2.18. The summed E-state index contributed by atoms with van der Waals surface area (Å²) < 4.78 is 0.966. The van der Waals surface area contributed by atoms with Crippen LogP contribution in [0.4, 0.5) is 5.69 Å². The van der Waals surface area contributed by atoms with Crippen LogP contribution >= 0.6 is 28.1 Å². The molecule has 0 saturated heterocycles. The number of anilines is 1. The quantitative estimate of drug-likeness (QED) is 0.645. The molecule has 1 aromatic rings. The molecular formula is C14H19BrN2S. The van der Waals surface area contributed by atoms with E-state index in [9.17, 15) is 0 Å². The van der Waals surface area contributed by atoms with Crippen LogP contribution < -0.4 is 11.1 Å². The number of nitrogens with one attached hydrogen (secondary N) is 1. The molecular weight excluding hydrogens is 308 g/mol. The molecule has 0 heterocycles. The third kappa shape index (κ3) is 3.69. The summed E-state index contributed by atoms with van der Waals surface area (Å²) in [6.07, 6.45) is 7.97. The van der Waals surface area contributed by atoms with Crippen molar-refractivity contribution in [3.63, 3.8) is 0 Å². The van der Waals surface area contributed by atoms with E-state index in [1.54, 1.807) is 0 Å². The number of halogens is 1. The molecule has 2 nitrogen and oxygen atoms in total. The molecule has 0 atom stereocenters. The Morgan fingerprint density at radius 3 is 2.44 bits per heavy atom. The van der Waals surface area contributed by atoms with Crippen LogP contribution in [0.3, 0.4) is 0 Å². The lowest BCUT2D eigenvalue weighted by Crippen LogP contribution is -2.18. The molecule has 1 fully saturated rings. The molecule has 18 heavy (non-hydrogen) atoms. The van der Waals surface area contributed by atoms with Crippen molar-refractivity contribution in [2.75, 3.05) is 5.32 Å². The Bertz CT molecular complexity index is 426. The van der Waals surface area contributed by atoms with E-state index in [-0.39, 0.29) is 0 Å². The summed E-state index contributed by atoms with van der Waals surface area (Å²) in [6.45, 7) is 0. The minimum absolute atomic E-state index is 0.433. The van der Waals surface area contributed by atoms with Gasteiger partial charge in [0.15, 0.2) is 0 Å². The first-order chi connectivity index (χ1) is 8.66. The van der Waals surface area contributed by atoms with Crippen LogP contribution in [-0.2, 0) is 0 Å². The lowest BCUT2D eigenvalue weighted by atomic mass is 10.1. The molecule has 98 valence electrons. The Labute approximate surface area is 122 Å². The van der Waals surface area contributed by atoms with Crippen LogP contribution in [-0.4, -0.2) is 11.0 Å². The van der Waals surface area contributed by atoms with Crippen LogP contribution in [0.2, 0.25) is 0 Å². The van der Waals surface area contributed by atoms with Crippen molar-refractivity contribution in [2.45, 2.75) is 44.6 Å². The van der Waals surface area contributed by atoms with Crippen molar-refractivity contribution in [3.05, 3.63) is 28.2 Å². The van der Waals surface area contributed by atoms with Gasteiger partial charge < -0.3 is 11.1 Å². The summed E-state index contributed by atoms with van der Waals surface area (Å²) in [5.74, 6) is 0. The van der Waals surface area contributed by atoms with Gasteiger partial charge in [-0.2, -0.15) is 0 Å². The lowest BCUT2D eigenvalue weighted by molar-refractivity contribution is 0.620. The second-order valence-corrected chi connectivity index (χ2v) is 6.19. The number of rotatable bonds is 3. The molecule has 0 amide bonds. The number of hydrogen-bond acceptors (Lipinski definition) is 2. The van der Waals surface area contributed by atoms with Crippen LogP contribution in [0, 0.1) is 0 Å². The van der Waals surface area contributed by atoms with Gasteiger partial charge >= 0.3 is 0 Å². The highest BCUT2D eigenvalue weighted by molar-refractivity contribution is 9.10. The maximum Gasteiger partial charge on any atom is 0.105 e. The van der Waals surface area contributed by atoms with E-state index in [2.05, 4.69) is 33.4 Å². The third-order valence-electron chi connectivity index (χ3n) is 3.46. The number of benzene rings is 1. The first kappa shape index (κ1) is 13.8. The summed E-state index contributed by atoms with van der Waals surface area (Å²) in [4.78, 5) is 0.433. The number of hydrogen-bond donors (Lipinski definition) is 2. The second kappa shape index (κ2) is 6.53. The van der Waals surface area contributed by atoms with E-state index in [0.29, 0.717) is 11.0 Å². The molecule has 0 aromatic heterocycles. The molecule has 1 aromatic carbocycles. The molecule has 3 N–H and O–H groups in total. The number of thiocarbonyl (C=S) groups is 1. The zero-order valence-electron chi connectivity index (χ0n) is 10.4. The predicted octanol–water partition coefficient (Wildman–Crippen LogP) is 4.22. The first-order valence-electron chi connectivity index (χ1n) is 6.52. The van der Waals surface area contributed by atoms with Crippen LogP contribution in [0.5, 0.6) is 0 Å². The van der Waals surface area contributed by atoms with Crippen molar-refractivity contribution in [3.8, 4) is 0 Å². The Morgan fingerprint density at radius 2 is 1.89 bits per heavy atom. The average molecular weight is 327 g/mol. The largest absolute Gasteiger partial charge is 0.389 e. The topological polar surface area (TPSA) is 38.0 Å². The van der Waals surface area contributed by atoms with E-state index in [0.717, 1.165) is 15.7 Å². The fourth-order valence-corrected chi connectivity index (χ4v) is 3.37.